The van der Waals surface area contributed by atoms with Gasteiger partial charge in [-0.25, -0.2) is 15.0 Å². The van der Waals surface area contributed by atoms with Gasteiger partial charge in [0.25, 0.3) is 5.91 Å². The predicted molar refractivity (Wildman–Crippen MR) is 75.4 cm³/mol. The topological polar surface area (TPSA) is 98.1 Å². The van der Waals surface area contributed by atoms with Crippen LogP contribution in [0.25, 0.3) is 0 Å². The molecule has 2 N–H and O–H groups in total. The van der Waals surface area contributed by atoms with Crippen molar-refractivity contribution in [3.05, 3.63) is 35.4 Å². The van der Waals surface area contributed by atoms with Gasteiger partial charge in [-0.1, -0.05) is 0 Å². The van der Waals surface area contributed by atoms with Crippen molar-refractivity contribution in [2.45, 2.75) is 32.7 Å². The Kier molecular flexibility index (Phi) is 3.32. The molecule has 110 valence electrons. The van der Waals surface area contributed by atoms with Crippen molar-refractivity contribution in [1.82, 2.24) is 19.9 Å². The highest BCUT2D eigenvalue weighted by atomic mass is 16.3. The highest BCUT2D eigenvalue weighted by Crippen LogP contribution is 2.33. The minimum Gasteiger partial charge on any atom is -0.438 e. The summed E-state index contributed by atoms with van der Waals surface area (Å²) in [6.45, 7) is 4.23. The summed E-state index contributed by atoms with van der Waals surface area (Å²) in [6.07, 6.45) is 3.07. The van der Waals surface area contributed by atoms with Crippen LogP contribution in [0, 0.1) is 13.8 Å². The number of nitrogen functional groups attached to an aromatic ring is 1. The molecule has 0 unspecified atom stereocenters. The standard InChI is InChI=1S/C14H17N5O2/c1-8-13(21-7-16-8)14(20)19-5-3-4-11(19)10-6-12(15)18-9(2)17-10/h6-7,11H,3-5H2,1-2H3,(H2,15,17,18)/t11-/m0/s1. The van der Waals surface area contributed by atoms with E-state index < -0.39 is 0 Å². The molecule has 2 aromatic rings. The van der Waals surface area contributed by atoms with Gasteiger partial charge in [-0.2, -0.15) is 0 Å². The molecule has 1 aliphatic rings. The van der Waals surface area contributed by atoms with Gasteiger partial charge in [-0.3, -0.25) is 4.79 Å². The van der Waals surface area contributed by atoms with Crippen LogP contribution in [0.1, 0.15) is 46.7 Å². The van der Waals surface area contributed by atoms with Crippen LogP contribution in [-0.2, 0) is 0 Å². The van der Waals surface area contributed by atoms with Crippen LogP contribution in [0.15, 0.2) is 16.9 Å². The smallest absolute Gasteiger partial charge is 0.292 e. The molecule has 1 aliphatic heterocycles. The fourth-order valence-corrected chi connectivity index (χ4v) is 2.74. The summed E-state index contributed by atoms with van der Waals surface area (Å²) in [4.78, 5) is 26.8. The molecule has 1 atom stereocenters. The van der Waals surface area contributed by atoms with Crippen LogP contribution in [0.3, 0.4) is 0 Å². The summed E-state index contributed by atoms with van der Waals surface area (Å²) >= 11 is 0. The normalized spacial score (nSPS) is 18.2. The summed E-state index contributed by atoms with van der Waals surface area (Å²) < 4.78 is 5.21. The van der Waals surface area contributed by atoms with Gasteiger partial charge >= 0.3 is 0 Å². The van der Waals surface area contributed by atoms with Crippen molar-refractivity contribution in [2.75, 3.05) is 12.3 Å². The van der Waals surface area contributed by atoms with Crippen LogP contribution < -0.4 is 5.73 Å². The lowest BCUT2D eigenvalue weighted by molar-refractivity contribution is 0.0699. The number of carbonyl (C=O) groups is 1. The SMILES string of the molecule is Cc1nc(N)cc([C@@H]2CCCN2C(=O)c2ocnc2C)n1. The highest BCUT2D eigenvalue weighted by molar-refractivity contribution is 5.92. The molecule has 1 fully saturated rings. The first kappa shape index (κ1) is 13.5. The molecule has 7 nitrogen and oxygen atoms in total. The van der Waals surface area contributed by atoms with Crippen molar-refractivity contribution in [3.8, 4) is 0 Å². The molecule has 0 spiro atoms. The van der Waals surface area contributed by atoms with E-state index in [2.05, 4.69) is 15.0 Å². The van der Waals surface area contributed by atoms with Gasteiger partial charge in [0, 0.05) is 12.6 Å². The fourth-order valence-electron chi connectivity index (χ4n) is 2.74. The molecule has 0 aromatic carbocycles. The van der Waals surface area contributed by atoms with Crippen molar-refractivity contribution in [1.29, 1.82) is 0 Å². The van der Waals surface area contributed by atoms with Crippen molar-refractivity contribution in [3.63, 3.8) is 0 Å². The van der Waals surface area contributed by atoms with Crippen LogP contribution in [0.4, 0.5) is 5.82 Å². The Hall–Kier alpha value is -2.44. The zero-order valence-electron chi connectivity index (χ0n) is 12.0. The molecule has 21 heavy (non-hydrogen) atoms. The van der Waals surface area contributed by atoms with E-state index in [9.17, 15) is 4.79 Å². The molecule has 0 bridgehead atoms. The maximum absolute atomic E-state index is 12.6. The molecule has 7 heteroatoms. The number of aromatic nitrogens is 3. The van der Waals surface area contributed by atoms with Gasteiger partial charge in [0.2, 0.25) is 5.76 Å². The van der Waals surface area contributed by atoms with Crippen molar-refractivity contribution < 1.29 is 9.21 Å². The third-order valence-corrected chi connectivity index (χ3v) is 3.67. The average molecular weight is 287 g/mol. The zero-order valence-corrected chi connectivity index (χ0v) is 12.0. The third-order valence-electron chi connectivity index (χ3n) is 3.67. The largest absolute Gasteiger partial charge is 0.438 e. The number of nitrogens with zero attached hydrogens (tertiary/aromatic N) is 4. The lowest BCUT2D eigenvalue weighted by Gasteiger charge is -2.23. The maximum atomic E-state index is 12.6. The second-order valence-electron chi connectivity index (χ2n) is 5.19. The van der Waals surface area contributed by atoms with E-state index in [1.807, 2.05) is 0 Å². The number of oxazole rings is 1. The van der Waals surface area contributed by atoms with Crippen LogP contribution in [0.5, 0.6) is 0 Å². The number of likely N-dealkylation sites (tertiary alicyclic amines) is 1. The Morgan fingerprint density at radius 2 is 2.24 bits per heavy atom. The Bertz CT molecular complexity index is 662. The molecule has 0 aliphatic carbocycles. The van der Waals surface area contributed by atoms with E-state index in [1.54, 1.807) is 24.8 Å². The Morgan fingerprint density at radius 1 is 1.43 bits per heavy atom. The second kappa shape index (κ2) is 5.16. The second-order valence-corrected chi connectivity index (χ2v) is 5.19. The van der Waals surface area contributed by atoms with Gasteiger partial charge in [-0.15, -0.1) is 0 Å². The number of rotatable bonds is 2. The quantitative estimate of drug-likeness (QED) is 0.901. The number of hydrogen-bond donors (Lipinski definition) is 1. The Morgan fingerprint density at radius 3 is 2.90 bits per heavy atom. The fraction of sp³-hybridized carbons (Fsp3) is 0.429. The summed E-state index contributed by atoms with van der Waals surface area (Å²) in [5.41, 5.74) is 7.17. The van der Waals surface area contributed by atoms with Crippen molar-refractivity contribution in [2.24, 2.45) is 0 Å². The van der Waals surface area contributed by atoms with Crippen molar-refractivity contribution >= 4 is 11.7 Å². The lowest BCUT2D eigenvalue weighted by atomic mass is 10.1. The number of hydrogen-bond acceptors (Lipinski definition) is 6. The zero-order chi connectivity index (χ0) is 15.0. The monoisotopic (exact) mass is 287 g/mol. The van der Waals surface area contributed by atoms with E-state index in [4.69, 9.17) is 10.2 Å². The molecular formula is C14H17N5O2. The predicted octanol–water partition coefficient (Wildman–Crippen LogP) is 1.64. The molecule has 3 rings (SSSR count). The van der Waals surface area contributed by atoms with Gasteiger partial charge in [0.05, 0.1) is 17.4 Å². The third kappa shape index (κ3) is 2.46. The number of anilines is 1. The van der Waals surface area contributed by atoms with Gasteiger partial charge in [0.1, 0.15) is 11.6 Å². The minimum atomic E-state index is -0.151. The first-order valence-electron chi connectivity index (χ1n) is 6.88. The van der Waals surface area contributed by atoms with Crippen LogP contribution in [0.2, 0.25) is 0 Å². The molecule has 0 saturated carbocycles. The van der Waals surface area contributed by atoms with E-state index in [1.165, 1.54) is 6.39 Å². The average Bonchev–Trinajstić information content (AvgIpc) is 3.05. The highest BCUT2D eigenvalue weighted by Gasteiger charge is 2.34. The maximum Gasteiger partial charge on any atom is 0.292 e. The van der Waals surface area contributed by atoms with E-state index in [0.717, 1.165) is 18.5 Å². The molecular weight excluding hydrogens is 270 g/mol. The van der Waals surface area contributed by atoms with Gasteiger partial charge < -0.3 is 15.1 Å². The molecule has 1 amide bonds. The summed E-state index contributed by atoms with van der Waals surface area (Å²) in [5, 5.41) is 0. The first-order chi connectivity index (χ1) is 10.1. The molecule has 2 aromatic heterocycles. The number of nitrogens with two attached hydrogens (primary N) is 1. The van der Waals surface area contributed by atoms with E-state index in [-0.39, 0.29) is 11.9 Å². The van der Waals surface area contributed by atoms with Crippen LogP contribution in [-0.4, -0.2) is 32.3 Å². The number of aryl methyl sites for hydroxylation is 2. The Labute approximate surface area is 122 Å². The van der Waals surface area contributed by atoms with Gasteiger partial charge in [0.15, 0.2) is 6.39 Å². The summed E-state index contributed by atoms with van der Waals surface area (Å²) in [5.74, 6) is 1.18. The number of amides is 1. The molecule has 3 heterocycles. The summed E-state index contributed by atoms with van der Waals surface area (Å²) in [7, 11) is 0. The lowest BCUT2D eigenvalue weighted by Crippen LogP contribution is -2.31. The van der Waals surface area contributed by atoms with E-state index in [0.29, 0.717) is 29.6 Å². The molecule has 1 saturated heterocycles. The van der Waals surface area contributed by atoms with E-state index >= 15 is 0 Å². The minimum absolute atomic E-state index is 0.0917. The Balaban J connectivity index is 1.92. The number of carbonyl (C=O) groups excluding carboxylic acids is 1. The molecule has 0 radical (unpaired) electrons. The first-order valence-corrected chi connectivity index (χ1v) is 6.88. The van der Waals surface area contributed by atoms with Crippen LogP contribution >= 0.6 is 0 Å². The summed E-state index contributed by atoms with van der Waals surface area (Å²) in [6, 6.07) is 1.64. The van der Waals surface area contributed by atoms with Gasteiger partial charge in [-0.05, 0) is 26.7 Å².